The summed E-state index contributed by atoms with van der Waals surface area (Å²) in [6, 6.07) is 3.64. The maximum absolute atomic E-state index is 13.6. The molecule has 0 unspecified atom stereocenters. The number of anilines is 1. The molecule has 3 nitrogen and oxygen atoms in total. The Morgan fingerprint density at radius 3 is 2.65 bits per heavy atom. The predicted octanol–water partition coefficient (Wildman–Crippen LogP) is 3.36. The van der Waals surface area contributed by atoms with E-state index in [1.165, 1.54) is 12.1 Å². The molecule has 0 saturated carbocycles. The molecule has 1 aromatic carbocycles. The number of alkyl halides is 2. The van der Waals surface area contributed by atoms with Gasteiger partial charge in [0.15, 0.2) is 0 Å². The van der Waals surface area contributed by atoms with Crippen molar-refractivity contribution < 1.29 is 13.2 Å². The van der Waals surface area contributed by atoms with Crippen LogP contribution in [0.2, 0.25) is 0 Å². The zero-order valence-electron chi connectivity index (χ0n) is 8.35. The van der Waals surface area contributed by atoms with Crippen LogP contribution in [0.1, 0.15) is 12.1 Å². The number of benzene rings is 1. The quantitative estimate of drug-likeness (QED) is 0.661. The van der Waals surface area contributed by atoms with Crippen LogP contribution in [0.4, 0.5) is 18.9 Å². The molecule has 0 amide bonds. The van der Waals surface area contributed by atoms with Gasteiger partial charge in [-0.05, 0) is 34.1 Å². The zero-order valence-corrected chi connectivity index (χ0v) is 9.93. The van der Waals surface area contributed by atoms with Gasteiger partial charge in [-0.2, -0.15) is 0 Å². The highest BCUT2D eigenvalue weighted by Gasteiger charge is 2.16. The molecule has 17 heavy (non-hydrogen) atoms. The first-order valence-corrected chi connectivity index (χ1v) is 5.37. The number of fused-ring (bicyclic) bond motifs is 1. The fraction of sp³-hybridized carbons (Fsp3) is 0.100. The Kier molecular flexibility index (Phi) is 3.21. The van der Waals surface area contributed by atoms with E-state index < -0.39 is 17.9 Å². The van der Waals surface area contributed by atoms with Crippen LogP contribution in [0.15, 0.2) is 22.7 Å². The molecule has 3 N–H and O–H groups in total. The van der Waals surface area contributed by atoms with Crippen molar-refractivity contribution in [1.29, 1.82) is 0 Å². The van der Waals surface area contributed by atoms with Gasteiger partial charge < -0.3 is 5.43 Å². The smallest absolute Gasteiger partial charge is 0.280 e. The third kappa shape index (κ3) is 2.07. The van der Waals surface area contributed by atoms with Gasteiger partial charge in [-0.1, -0.05) is 0 Å². The van der Waals surface area contributed by atoms with Crippen molar-refractivity contribution in [2.75, 3.05) is 5.43 Å². The van der Waals surface area contributed by atoms with Crippen molar-refractivity contribution in [3.8, 4) is 0 Å². The first-order valence-electron chi connectivity index (χ1n) is 4.58. The molecule has 0 saturated heterocycles. The Hall–Kier alpha value is -1.34. The van der Waals surface area contributed by atoms with Gasteiger partial charge in [0.05, 0.1) is 16.6 Å². The zero-order chi connectivity index (χ0) is 12.6. The van der Waals surface area contributed by atoms with Crippen molar-refractivity contribution in [2.24, 2.45) is 5.84 Å². The average molecular weight is 306 g/mol. The van der Waals surface area contributed by atoms with Crippen LogP contribution in [-0.4, -0.2) is 4.98 Å². The number of nitrogens with one attached hydrogen (secondary N) is 1. The Labute approximate surface area is 103 Å². The molecule has 0 aliphatic heterocycles. The van der Waals surface area contributed by atoms with E-state index in [0.29, 0.717) is 4.47 Å². The fourth-order valence-corrected chi connectivity index (χ4v) is 1.93. The number of hydrazine groups is 1. The lowest BCUT2D eigenvalue weighted by Gasteiger charge is -2.10. The number of hydrogen-bond acceptors (Lipinski definition) is 3. The second kappa shape index (κ2) is 4.50. The van der Waals surface area contributed by atoms with Crippen LogP contribution in [-0.2, 0) is 0 Å². The molecule has 1 heterocycles. The lowest BCUT2D eigenvalue weighted by atomic mass is 10.1. The molecule has 0 aliphatic carbocycles. The van der Waals surface area contributed by atoms with E-state index >= 15 is 0 Å². The van der Waals surface area contributed by atoms with Crippen LogP contribution in [0.5, 0.6) is 0 Å². The summed E-state index contributed by atoms with van der Waals surface area (Å²) in [5, 5.41) is 0.0753. The summed E-state index contributed by atoms with van der Waals surface area (Å²) in [4.78, 5) is 3.71. The summed E-state index contributed by atoms with van der Waals surface area (Å²) in [6.45, 7) is 0. The fourth-order valence-electron chi connectivity index (χ4n) is 1.51. The molecule has 0 radical (unpaired) electrons. The number of pyridine rings is 1. The van der Waals surface area contributed by atoms with Gasteiger partial charge in [-0.3, -0.25) is 5.84 Å². The first-order chi connectivity index (χ1) is 8.04. The van der Waals surface area contributed by atoms with Gasteiger partial charge in [-0.25, -0.2) is 18.2 Å². The van der Waals surface area contributed by atoms with Crippen LogP contribution < -0.4 is 11.3 Å². The van der Waals surface area contributed by atoms with Crippen molar-refractivity contribution in [2.45, 2.75) is 6.43 Å². The van der Waals surface area contributed by atoms with E-state index in [4.69, 9.17) is 5.84 Å². The second-order valence-corrected chi connectivity index (χ2v) is 4.15. The largest absolute Gasteiger partial charge is 0.323 e. The standard InChI is InChI=1S/C10H7BrF3N3/c11-4-1-2-5(12)8-6(17-15)3-7(10(13)14)16-9(4)8/h1-3,10H,15H2,(H,16,17). The molecule has 2 aromatic rings. The summed E-state index contributed by atoms with van der Waals surface area (Å²) in [5.74, 6) is 4.62. The van der Waals surface area contributed by atoms with Crippen LogP contribution in [0, 0.1) is 5.82 Å². The van der Waals surface area contributed by atoms with Gasteiger partial charge >= 0.3 is 0 Å². The number of nitrogen functional groups attached to an aromatic ring is 1. The Morgan fingerprint density at radius 2 is 2.06 bits per heavy atom. The highest BCUT2D eigenvalue weighted by atomic mass is 79.9. The van der Waals surface area contributed by atoms with Gasteiger partial charge in [-0.15, -0.1) is 0 Å². The number of nitrogens with zero attached hydrogens (tertiary/aromatic N) is 1. The van der Waals surface area contributed by atoms with E-state index in [1.54, 1.807) is 0 Å². The minimum absolute atomic E-state index is 0.0732. The van der Waals surface area contributed by atoms with E-state index in [-0.39, 0.29) is 16.6 Å². The summed E-state index contributed by atoms with van der Waals surface area (Å²) >= 11 is 3.13. The van der Waals surface area contributed by atoms with Crippen LogP contribution >= 0.6 is 15.9 Å². The number of nitrogens with two attached hydrogens (primary N) is 1. The predicted molar refractivity (Wildman–Crippen MR) is 62.2 cm³/mol. The van der Waals surface area contributed by atoms with Gasteiger partial charge in [0, 0.05) is 4.47 Å². The Morgan fingerprint density at radius 1 is 1.35 bits per heavy atom. The Bertz CT molecular complexity index is 574. The molecule has 0 atom stereocenters. The molecule has 0 fully saturated rings. The highest BCUT2D eigenvalue weighted by Crippen LogP contribution is 2.32. The maximum Gasteiger partial charge on any atom is 0.280 e. The van der Waals surface area contributed by atoms with E-state index in [2.05, 4.69) is 26.3 Å². The number of hydrogen-bond donors (Lipinski definition) is 2. The van der Waals surface area contributed by atoms with Crippen molar-refractivity contribution >= 4 is 32.5 Å². The van der Waals surface area contributed by atoms with E-state index in [9.17, 15) is 13.2 Å². The third-order valence-electron chi connectivity index (χ3n) is 2.26. The van der Waals surface area contributed by atoms with Crippen molar-refractivity contribution in [3.63, 3.8) is 0 Å². The van der Waals surface area contributed by atoms with Gasteiger partial charge in [0.2, 0.25) is 0 Å². The van der Waals surface area contributed by atoms with E-state index in [1.807, 2.05) is 0 Å². The summed E-state index contributed by atoms with van der Waals surface area (Å²) < 4.78 is 39.2. The molecule has 1 aromatic heterocycles. The summed E-state index contributed by atoms with van der Waals surface area (Å²) in [6.07, 6.45) is -2.75. The normalized spacial score (nSPS) is 11.2. The number of aromatic nitrogens is 1. The Balaban J connectivity index is 2.87. The summed E-state index contributed by atoms with van der Waals surface area (Å²) in [7, 11) is 0. The lowest BCUT2D eigenvalue weighted by molar-refractivity contribution is 0.146. The SMILES string of the molecule is NNc1cc(C(F)F)nc2c(Br)ccc(F)c12. The molecule has 90 valence electrons. The molecule has 0 bridgehead atoms. The molecular weight excluding hydrogens is 299 g/mol. The molecule has 0 spiro atoms. The van der Waals surface area contributed by atoms with Crippen molar-refractivity contribution in [3.05, 3.63) is 34.2 Å². The topological polar surface area (TPSA) is 50.9 Å². The van der Waals surface area contributed by atoms with E-state index in [0.717, 1.165) is 6.07 Å². The van der Waals surface area contributed by atoms with Crippen LogP contribution in [0.3, 0.4) is 0 Å². The summed E-state index contributed by atoms with van der Waals surface area (Å²) in [5.41, 5.74) is 1.92. The second-order valence-electron chi connectivity index (χ2n) is 3.29. The molecule has 7 heteroatoms. The highest BCUT2D eigenvalue weighted by molar-refractivity contribution is 9.10. The molecule has 0 aliphatic rings. The van der Waals surface area contributed by atoms with Gasteiger partial charge in [0.25, 0.3) is 6.43 Å². The van der Waals surface area contributed by atoms with Gasteiger partial charge in [0.1, 0.15) is 11.5 Å². The minimum Gasteiger partial charge on any atom is -0.323 e. The molecule has 2 rings (SSSR count). The monoisotopic (exact) mass is 305 g/mol. The lowest BCUT2D eigenvalue weighted by Crippen LogP contribution is -2.09. The van der Waals surface area contributed by atoms with Crippen LogP contribution in [0.25, 0.3) is 10.9 Å². The maximum atomic E-state index is 13.6. The van der Waals surface area contributed by atoms with Crippen molar-refractivity contribution in [1.82, 2.24) is 4.98 Å². The number of halogens is 4. The first kappa shape index (κ1) is 12.1. The third-order valence-corrected chi connectivity index (χ3v) is 2.90. The average Bonchev–Trinajstić information content (AvgIpc) is 2.32. The minimum atomic E-state index is -2.75. The molecular formula is C10H7BrF3N3. The number of rotatable bonds is 2.